The van der Waals surface area contributed by atoms with E-state index in [1.807, 2.05) is 6.92 Å². The maximum atomic E-state index is 10.9. The van der Waals surface area contributed by atoms with Gasteiger partial charge in [0.05, 0.1) is 0 Å². The van der Waals surface area contributed by atoms with E-state index in [0.717, 1.165) is 30.6 Å². The number of hydrogen-bond acceptors (Lipinski definition) is 3. The van der Waals surface area contributed by atoms with Crippen LogP contribution in [0.15, 0.2) is 0 Å². The van der Waals surface area contributed by atoms with E-state index in [1.54, 1.807) is 0 Å². The third-order valence-electron chi connectivity index (χ3n) is 2.61. The molecule has 0 aromatic carbocycles. The van der Waals surface area contributed by atoms with Crippen LogP contribution in [0.4, 0.5) is 0 Å². The molecule has 2 rings (SSSR count). The van der Waals surface area contributed by atoms with Crippen molar-refractivity contribution in [3.8, 4) is 0 Å². The molecule has 0 amide bonds. The molecule has 0 aliphatic carbocycles. The largest absolute Gasteiger partial charge is 0.476 e. The molecule has 0 saturated carbocycles. The normalized spacial score (nSPS) is 20.5. The first-order valence-corrected chi connectivity index (χ1v) is 4.77. The molecule has 14 heavy (non-hydrogen) atoms. The Kier molecular flexibility index (Phi) is 2.25. The second kappa shape index (κ2) is 3.42. The van der Waals surface area contributed by atoms with E-state index in [4.69, 9.17) is 5.11 Å². The van der Waals surface area contributed by atoms with Gasteiger partial charge in [0, 0.05) is 30.3 Å². The van der Waals surface area contributed by atoms with Gasteiger partial charge >= 0.3 is 5.97 Å². The molecule has 0 fully saturated rings. The van der Waals surface area contributed by atoms with Crippen LogP contribution in [0, 0.1) is 0 Å². The second-order valence-corrected chi connectivity index (χ2v) is 3.43. The molecule has 0 saturated heterocycles. The molecule has 3 N–H and O–H groups in total. The van der Waals surface area contributed by atoms with Gasteiger partial charge in [0.15, 0.2) is 5.69 Å². The lowest BCUT2D eigenvalue weighted by atomic mass is 9.96. The van der Waals surface area contributed by atoms with Crippen molar-refractivity contribution in [3.05, 3.63) is 17.0 Å². The molecule has 76 valence electrons. The first-order chi connectivity index (χ1) is 6.74. The van der Waals surface area contributed by atoms with Crippen LogP contribution < -0.4 is 5.32 Å². The molecule has 1 aromatic heterocycles. The third-order valence-corrected chi connectivity index (χ3v) is 2.61. The molecule has 2 heterocycles. The van der Waals surface area contributed by atoms with Gasteiger partial charge in [-0.25, -0.2) is 4.79 Å². The quantitative estimate of drug-likeness (QED) is 0.649. The number of fused-ring (bicyclic) bond motifs is 1. The Morgan fingerprint density at radius 3 is 3.14 bits per heavy atom. The highest BCUT2D eigenvalue weighted by atomic mass is 16.4. The van der Waals surface area contributed by atoms with Crippen LogP contribution in [0.3, 0.4) is 0 Å². The summed E-state index contributed by atoms with van der Waals surface area (Å²) >= 11 is 0. The summed E-state index contributed by atoms with van der Waals surface area (Å²) in [5, 5.41) is 18.8. The van der Waals surface area contributed by atoms with E-state index in [1.165, 1.54) is 0 Å². The molecule has 0 bridgehead atoms. The van der Waals surface area contributed by atoms with Gasteiger partial charge in [0.25, 0.3) is 0 Å². The lowest BCUT2D eigenvalue weighted by molar-refractivity contribution is 0.0688. The number of carboxylic acid groups (broad SMARTS) is 1. The van der Waals surface area contributed by atoms with Gasteiger partial charge in [0.1, 0.15) is 0 Å². The van der Waals surface area contributed by atoms with E-state index < -0.39 is 5.97 Å². The molecule has 1 aliphatic rings. The molecule has 1 aromatic rings. The first-order valence-electron chi connectivity index (χ1n) is 4.77. The van der Waals surface area contributed by atoms with Crippen LogP contribution in [0.2, 0.25) is 0 Å². The molecular formula is C9H13N3O2. The zero-order valence-electron chi connectivity index (χ0n) is 8.00. The van der Waals surface area contributed by atoms with Crippen molar-refractivity contribution in [1.82, 2.24) is 15.5 Å². The molecule has 0 spiro atoms. The van der Waals surface area contributed by atoms with Gasteiger partial charge in [-0.05, 0) is 6.42 Å². The van der Waals surface area contributed by atoms with E-state index in [-0.39, 0.29) is 11.7 Å². The van der Waals surface area contributed by atoms with E-state index in [0.29, 0.717) is 0 Å². The van der Waals surface area contributed by atoms with Gasteiger partial charge in [-0.2, -0.15) is 5.10 Å². The summed E-state index contributed by atoms with van der Waals surface area (Å²) in [7, 11) is 0. The molecular weight excluding hydrogens is 182 g/mol. The number of H-pyrrole nitrogens is 1. The molecule has 1 unspecified atom stereocenters. The number of rotatable bonds is 2. The van der Waals surface area contributed by atoms with Crippen LogP contribution in [0.25, 0.3) is 0 Å². The molecule has 5 nitrogen and oxygen atoms in total. The van der Waals surface area contributed by atoms with Crippen LogP contribution in [-0.2, 0) is 6.42 Å². The van der Waals surface area contributed by atoms with Crippen molar-refractivity contribution >= 4 is 5.97 Å². The topological polar surface area (TPSA) is 78.0 Å². The molecule has 1 aliphatic heterocycles. The van der Waals surface area contributed by atoms with Gasteiger partial charge in [-0.15, -0.1) is 0 Å². The Morgan fingerprint density at radius 2 is 2.50 bits per heavy atom. The number of carbonyl (C=O) groups is 1. The fourth-order valence-electron chi connectivity index (χ4n) is 1.94. The predicted molar refractivity (Wildman–Crippen MR) is 50.3 cm³/mol. The maximum absolute atomic E-state index is 10.9. The standard InChI is InChI=1S/C9H13N3O2/c1-2-5-7-6(3-4-10-5)11-12-8(7)9(13)14/h5,10H,2-4H2,1H3,(H,11,12)(H,13,14). The minimum absolute atomic E-state index is 0.128. The number of nitrogens with one attached hydrogen (secondary N) is 2. The van der Waals surface area contributed by atoms with Crippen molar-refractivity contribution in [2.24, 2.45) is 0 Å². The zero-order chi connectivity index (χ0) is 10.1. The Bertz CT molecular complexity index is 359. The summed E-state index contributed by atoms with van der Waals surface area (Å²) in [6.07, 6.45) is 1.71. The van der Waals surface area contributed by atoms with E-state index >= 15 is 0 Å². The fraction of sp³-hybridized carbons (Fsp3) is 0.556. The summed E-state index contributed by atoms with van der Waals surface area (Å²) in [5.74, 6) is -0.954. The number of nitrogens with zero attached hydrogens (tertiary/aromatic N) is 1. The highest BCUT2D eigenvalue weighted by Gasteiger charge is 2.27. The second-order valence-electron chi connectivity index (χ2n) is 3.43. The lowest BCUT2D eigenvalue weighted by Gasteiger charge is -2.22. The van der Waals surface area contributed by atoms with Gasteiger partial charge in [-0.3, -0.25) is 5.10 Å². The third kappa shape index (κ3) is 1.29. The summed E-state index contributed by atoms with van der Waals surface area (Å²) in [4.78, 5) is 10.9. The number of aromatic carboxylic acids is 1. The summed E-state index contributed by atoms with van der Waals surface area (Å²) < 4.78 is 0. The highest BCUT2D eigenvalue weighted by Crippen LogP contribution is 2.26. The predicted octanol–water partition coefficient (Wildman–Crippen LogP) is 0.705. The van der Waals surface area contributed by atoms with Gasteiger partial charge in [-0.1, -0.05) is 6.92 Å². The smallest absolute Gasteiger partial charge is 0.356 e. The monoisotopic (exact) mass is 195 g/mol. The Balaban J connectivity index is 2.46. The van der Waals surface area contributed by atoms with Crippen molar-refractivity contribution < 1.29 is 9.90 Å². The zero-order valence-corrected chi connectivity index (χ0v) is 8.00. The van der Waals surface area contributed by atoms with Crippen molar-refractivity contribution in [2.75, 3.05) is 6.54 Å². The first kappa shape index (κ1) is 9.21. The minimum atomic E-state index is -0.954. The summed E-state index contributed by atoms with van der Waals surface area (Å²) in [6, 6.07) is 0.128. The van der Waals surface area contributed by atoms with Crippen LogP contribution >= 0.6 is 0 Å². The van der Waals surface area contributed by atoms with E-state index in [2.05, 4.69) is 15.5 Å². The fourth-order valence-corrected chi connectivity index (χ4v) is 1.94. The lowest BCUT2D eigenvalue weighted by Crippen LogP contribution is -2.30. The minimum Gasteiger partial charge on any atom is -0.476 e. The maximum Gasteiger partial charge on any atom is 0.356 e. The number of aromatic amines is 1. The number of hydrogen-bond donors (Lipinski definition) is 3. The number of aromatic nitrogens is 2. The summed E-state index contributed by atoms with van der Waals surface area (Å²) in [6.45, 7) is 2.91. The molecule has 1 atom stereocenters. The average Bonchev–Trinajstić information content (AvgIpc) is 2.60. The Hall–Kier alpha value is -1.36. The van der Waals surface area contributed by atoms with Crippen molar-refractivity contribution in [3.63, 3.8) is 0 Å². The summed E-state index contributed by atoms with van der Waals surface area (Å²) in [5.41, 5.74) is 1.97. The van der Waals surface area contributed by atoms with Crippen LogP contribution in [0.5, 0.6) is 0 Å². The van der Waals surface area contributed by atoms with Gasteiger partial charge < -0.3 is 10.4 Å². The van der Waals surface area contributed by atoms with Crippen molar-refractivity contribution in [2.45, 2.75) is 25.8 Å². The molecule has 0 radical (unpaired) electrons. The van der Waals surface area contributed by atoms with Crippen LogP contribution in [0.1, 0.15) is 41.1 Å². The SMILES string of the molecule is CCC1NCCc2[nH]nc(C(=O)O)c21. The number of carboxylic acids is 1. The Morgan fingerprint density at radius 1 is 1.71 bits per heavy atom. The molecule has 5 heteroatoms. The van der Waals surface area contributed by atoms with Crippen molar-refractivity contribution in [1.29, 1.82) is 0 Å². The Labute approximate surface area is 81.5 Å². The highest BCUT2D eigenvalue weighted by molar-refractivity contribution is 5.87. The van der Waals surface area contributed by atoms with Gasteiger partial charge in [0.2, 0.25) is 0 Å². The average molecular weight is 195 g/mol. The van der Waals surface area contributed by atoms with Crippen LogP contribution in [-0.4, -0.2) is 27.8 Å². The van der Waals surface area contributed by atoms with E-state index in [9.17, 15) is 4.79 Å².